The predicted molar refractivity (Wildman–Crippen MR) is 78.0 cm³/mol. The summed E-state index contributed by atoms with van der Waals surface area (Å²) in [4.78, 5) is 0. The first kappa shape index (κ1) is 16.0. The van der Waals surface area contributed by atoms with Crippen molar-refractivity contribution in [2.45, 2.75) is 38.5 Å². The molecule has 0 radical (unpaired) electrons. The molecular formula is C14H23NO3S. The lowest BCUT2D eigenvalue weighted by Crippen LogP contribution is -2.30. The molecule has 0 amide bonds. The standard InChI is InChI=1S/C14H23NO3S/c1-14(2,3)19(16,17)10-4-9-18-13-7-5-12(11-15)6-8-13/h5-8H,4,9-11,15H2,1-3H3. The molecule has 0 atom stereocenters. The van der Waals surface area contributed by atoms with Gasteiger partial charge in [-0.15, -0.1) is 0 Å². The highest BCUT2D eigenvalue weighted by atomic mass is 32.2. The van der Waals surface area contributed by atoms with Crippen molar-refractivity contribution >= 4 is 9.84 Å². The van der Waals surface area contributed by atoms with Crippen molar-refractivity contribution in [3.05, 3.63) is 29.8 Å². The van der Waals surface area contributed by atoms with Crippen molar-refractivity contribution in [2.24, 2.45) is 5.73 Å². The molecule has 0 fully saturated rings. The van der Waals surface area contributed by atoms with Crippen molar-refractivity contribution < 1.29 is 13.2 Å². The van der Waals surface area contributed by atoms with Crippen LogP contribution in [0.5, 0.6) is 5.75 Å². The summed E-state index contributed by atoms with van der Waals surface area (Å²) < 4.78 is 28.6. The minimum absolute atomic E-state index is 0.150. The molecule has 108 valence electrons. The third-order valence-electron chi connectivity index (χ3n) is 2.92. The number of hydrogen-bond acceptors (Lipinski definition) is 4. The molecule has 1 aromatic rings. The van der Waals surface area contributed by atoms with Crippen LogP contribution in [0.1, 0.15) is 32.8 Å². The van der Waals surface area contributed by atoms with Crippen LogP contribution in [0.15, 0.2) is 24.3 Å². The van der Waals surface area contributed by atoms with Crippen LogP contribution in [-0.4, -0.2) is 25.5 Å². The average molecular weight is 285 g/mol. The van der Waals surface area contributed by atoms with Gasteiger partial charge in [0.25, 0.3) is 0 Å². The van der Waals surface area contributed by atoms with E-state index in [2.05, 4.69) is 0 Å². The topological polar surface area (TPSA) is 69.4 Å². The summed E-state index contributed by atoms with van der Waals surface area (Å²) in [6.45, 7) is 6.06. The summed E-state index contributed by atoms with van der Waals surface area (Å²) in [6, 6.07) is 7.50. The van der Waals surface area contributed by atoms with E-state index in [0.29, 0.717) is 19.6 Å². The van der Waals surface area contributed by atoms with Crippen LogP contribution < -0.4 is 10.5 Å². The van der Waals surface area contributed by atoms with Gasteiger partial charge < -0.3 is 10.5 Å². The molecule has 1 rings (SSSR count). The van der Waals surface area contributed by atoms with Gasteiger partial charge in [0, 0.05) is 6.54 Å². The largest absolute Gasteiger partial charge is 0.494 e. The molecule has 0 aliphatic carbocycles. The Kier molecular flexibility index (Phi) is 5.38. The van der Waals surface area contributed by atoms with E-state index in [9.17, 15) is 8.42 Å². The van der Waals surface area contributed by atoms with Gasteiger partial charge >= 0.3 is 0 Å². The Morgan fingerprint density at radius 1 is 1.16 bits per heavy atom. The van der Waals surface area contributed by atoms with Crippen LogP contribution in [-0.2, 0) is 16.4 Å². The zero-order valence-electron chi connectivity index (χ0n) is 11.8. The molecule has 0 aliphatic rings. The van der Waals surface area contributed by atoms with Crippen LogP contribution in [0.3, 0.4) is 0 Å². The van der Waals surface area contributed by atoms with Crippen molar-refractivity contribution in [1.82, 2.24) is 0 Å². The second-order valence-electron chi connectivity index (χ2n) is 5.48. The number of nitrogens with two attached hydrogens (primary N) is 1. The van der Waals surface area contributed by atoms with Gasteiger partial charge in [-0.2, -0.15) is 0 Å². The molecule has 0 saturated heterocycles. The Morgan fingerprint density at radius 3 is 2.21 bits per heavy atom. The molecule has 4 nitrogen and oxygen atoms in total. The van der Waals surface area contributed by atoms with Crippen LogP contribution in [0, 0.1) is 0 Å². The quantitative estimate of drug-likeness (QED) is 0.813. The number of hydrogen-bond donors (Lipinski definition) is 1. The maximum Gasteiger partial charge on any atom is 0.155 e. The van der Waals surface area contributed by atoms with Crippen molar-refractivity contribution in [1.29, 1.82) is 0 Å². The van der Waals surface area contributed by atoms with Crippen LogP contribution in [0.2, 0.25) is 0 Å². The molecule has 19 heavy (non-hydrogen) atoms. The maximum atomic E-state index is 11.9. The van der Waals surface area contributed by atoms with E-state index in [-0.39, 0.29) is 5.75 Å². The van der Waals surface area contributed by atoms with Gasteiger partial charge in [-0.3, -0.25) is 0 Å². The van der Waals surface area contributed by atoms with Crippen LogP contribution >= 0.6 is 0 Å². The minimum Gasteiger partial charge on any atom is -0.494 e. The summed E-state index contributed by atoms with van der Waals surface area (Å²) in [7, 11) is -3.06. The third kappa shape index (κ3) is 4.84. The first-order valence-corrected chi connectivity index (χ1v) is 8.05. The smallest absolute Gasteiger partial charge is 0.155 e. The summed E-state index contributed by atoms with van der Waals surface area (Å²) in [5, 5.41) is 0. The number of rotatable bonds is 6. The van der Waals surface area contributed by atoms with E-state index in [1.807, 2.05) is 24.3 Å². The average Bonchev–Trinajstić information content (AvgIpc) is 2.34. The normalized spacial score (nSPS) is 12.4. The Morgan fingerprint density at radius 2 is 1.74 bits per heavy atom. The first-order valence-electron chi connectivity index (χ1n) is 6.40. The number of ether oxygens (including phenoxy) is 1. The van der Waals surface area contributed by atoms with Gasteiger partial charge in [0.2, 0.25) is 0 Å². The Hall–Kier alpha value is -1.07. The maximum absolute atomic E-state index is 11.9. The molecule has 2 N–H and O–H groups in total. The van der Waals surface area contributed by atoms with Gasteiger partial charge in [0.15, 0.2) is 9.84 Å². The monoisotopic (exact) mass is 285 g/mol. The van der Waals surface area contributed by atoms with Crippen molar-refractivity contribution in [3.8, 4) is 5.75 Å². The Labute approximate surface area is 115 Å². The molecule has 1 aromatic carbocycles. The van der Waals surface area contributed by atoms with E-state index >= 15 is 0 Å². The fourth-order valence-corrected chi connectivity index (χ4v) is 2.58. The Bertz CT molecular complexity index is 486. The Balaban J connectivity index is 2.39. The molecule has 0 aliphatic heterocycles. The summed E-state index contributed by atoms with van der Waals surface area (Å²) in [5.74, 6) is 0.891. The summed E-state index contributed by atoms with van der Waals surface area (Å²) >= 11 is 0. The summed E-state index contributed by atoms with van der Waals surface area (Å²) in [6.07, 6.45) is 0.498. The van der Waals surface area contributed by atoms with Crippen molar-refractivity contribution in [3.63, 3.8) is 0 Å². The van der Waals surface area contributed by atoms with Gasteiger partial charge in [-0.1, -0.05) is 12.1 Å². The number of sulfone groups is 1. The zero-order valence-corrected chi connectivity index (χ0v) is 12.7. The lowest BCUT2D eigenvalue weighted by molar-refractivity contribution is 0.317. The number of benzene rings is 1. The molecule has 0 aromatic heterocycles. The van der Waals surface area contributed by atoms with Gasteiger partial charge in [-0.05, 0) is 44.9 Å². The molecule has 5 heteroatoms. The van der Waals surface area contributed by atoms with E-state index in [1.165, 1.54) is 0 Å². The van der Waals surface area contributed by atoms with Crippen molar-refractivity contribution in [2.75, 3.05) is 12.4 Å². The van der Waals surface area contributed by atoms with Gasteiger partial charge in [-0.25, -0.2) is 8.42 Å². The second kappa shape index (κ2) is 6.39. The molecule has 0 heterocycles. The fourth-order valence-electron chi connectivity index (χ4n) is 1.47. The lowest BCUT2D eigenvalue weighted by Gasteiger charge is -2.19. The molecule has 0 unspecified atom stereocenters. The third-order valence-corrected chi connectivity index (χ3v) is 5.61. The van der Waals surface area contributed by atoms with Gasteiger partial charge in [0.05, 0.1) is 17.1 Å². The van der Waals surface area contributed by atoms with Crippen LogP contribution in [0.4, 0.5) is 0 Å². The molecule has 0 bridgehead atoms. The molecule has 0 saturated carbocycles. The highest BCUT2D eigenvalue weighted by molar-refractivity contribution is 7.92. The lowest BCUT2D eigenvalue weighted by atomic mass is 10.2. The van der Waals surface area contributed by atoms with E-state index < -0.39 is 14.6 Å². The highest BCUT2D eigenvalue weighted by Gasteiger charge is 2.28. The molecule has 0 spiro atoms. The predicted octanol–water partition coefficient (Wildman–Crippen LogP) is 2.13. The van der Waals surface area contributed by atoms with E-state index in [1.54, 1.807) is 20.8 Å². The van der Waals surface area contributed by atoms with Gasteiger partial charge in [0.1, 0.15) is 5.75 Å². The zero-order chi connectivity index (χ0) is 14.5. The second-order valence-corrected chi connectivity index (χ2v) is 8.34. The van der Waals surface area contributed by atoms with Crippen LogP contribution in [0.25, 0.3) is 0 Å². The molecular weight excluding hydrogens is 262 g/mol. The first-order chi connectivity index (χ1) is 8.76. The minimum atomic E-state index is -3.06. The highest BCUT2D eigenvalue weighted by Crippen LogP contribution is 2.17. The fraction of sp³-hybridized carbons (Fsp3) is 0.571. The van der Waals surface area contributed by atoms with E-state index in [0.717, 1.165) is 11.3 Å². The summed E-state index contributed by atoms with van der Waals surface area (Å²) in [5.41, 5.74) is 6.55. The van der Waals surface area contributed by atoms with E-state index in [4.69, 9.17) is 10.5 Å². The SMILES string of the molecule is CC(C)(C)S(=O)(=O)CCCOc1ccc(CN)cc1.